The summed E-state index contributed by atoms with van der Waals surface area (Å²) >= 11 is 3.55. The van der Waals surface area contributed by atoms with Crippen molar-refractivity contribution >= 4 is 203 Å². The topological polar surface area (TPSA) is 172 Å². The molecule has 0 spiro atoms. The van der Waals surface area contributed by atoms with E-state index >= 15 is 0 Å². The highest BCUT2D eigenvalue weighted by molar-refractivity contribution is 9.10. The second kappa shape index (κ2) is 24.7. The van der Waals surface area contributed by atoms with Gasteiger partial charge in [0.25, 0.3) is 0 Å². The highest BCUT2D eigenvalue weighted by Gasteiger charge is 2.23. The molecule has 0 aliphatic rings. The van der Waals surface area contributed by atoms with Crippen LogP contribution in [0.5, 0.6) is 17.2 Å². The van der Waals surface area contributed by atoms with E-state index in [1.165, 1.54) is 0 Å². The maximum Gasteiger partial charge on any atom is 0.196 e. The molecular formula is C86H45BrN16O2. The predicted octanol–water partition coefficient (Wildman–Crippen LogP) is 24.1. The number of phenolic OH excluding ortho intramolecular Hbond substituents is 1. The van der Waals surface area contributed by atoms with Crippen molar-refractivity contribution in [2.24, 2.45) is 0 Å². The van der Waals surface area contributed by atoms with Crippen molar-refractivity contribution in [2.75, 3.05) is 0 Å². The van der Waals surface area contributed by atoms with Gasteiger partial charge in [0.2, 0.25) is 0 Å². The molecule has 0 unspecified atom stereocenters. The number of hydrogen-bond acceptors (Lipinski definition) is 8. The van der Waals surface area contributed by atoms with Crippen LogP contribution in [0.1, 0.15) is 26.0 Å². The van der Waals surface area contributed by atoms with Gasteiger partial charge in [-0.1, -0.05) is 104 Å². The molecule has 20 rings (SSSR count). The molecule has 0 aliphatic heterocycles. The lowest BCUT2D eigenvalue weighted by atomic mass is 10.0. The molecule has 0 radical (unpaired) electrons. The summed E-state index contributed by atoms with van der Waals surface area (Å²) in [6.45, 7) is 45.1. The number of benzene rings is 12. The minimum atomic E-state index is 0. The molecule has 0 aliphatic carbocycles. The number of aromatic nitrogens is 8. The standard InChI is InChI=1S/C42H18N8O.C21H9BrN4.C21H10N4O.2CH4/c1-45-35-19-30-28-14-12-26(18-32(28)42-48-34-8-4-6-10-38(34)50(42)40(30)20-36(35)46-2)51-25-11-13-27-29-15-23(21-43)24(22-44)16-39(29)49-37-9-5-3-7-33(37)47-41(49)31(27)17-25;1-23-17-10-14-13-8-7-12(22)9-15(13)21-25-16-5-3-4-6-19(16)26(21)20(14)11-18(17)24-2;1-22-17-10-14-13-8-7-12(26)9-15(13)21-24-16-5-3-4-6-19(16)25(21)20(14)11-18(17)23-2;;/h3-20H;3-11H;3-11,26H;2*1H4. The molecule has 19 heteroatoms. The summed E-state index contributed by atoms with van der Waals surface area (Å²) in [6.07, 6.45) is 0. The Hall–Kier alpha value is -15.5. The third kappa shape index (κ3) is 9.76. The molecule has 0 fully saturated rings. The van der Waals surface area contributed by atoms with E-state index in [1.54, 1.807) is 54.6 Å². The van der Waals surface area contributed by atoms with Crippen molar-refractivity contribution < 1.29 is 9.84 Å². The lowest BCUT2D eigenvalue weighted by Crippen LogP contribution is -1.95. The third-order valence-corrected chi connectivity index (χ3v) is 19.4. The van der Waals surface area contributed by atoms with E-state index in [4.69, 9.17) is 64.1 Å². The van der Waals surface area contributed by atoms with Crippen LogP contribution in [0.3, 0.4) is 0 Å². The van der Waals surface area contributed by atoms with Crippen molar-refractivity contribution in [2.45, 2.75) is 14.9 Å². The number of rotatable bonds is 2. The Labute approximate surface area is 604 Å². The molecular weight excluding hydrogens is 1370 g/mol. The number of para-hydroxylation sites is 8. The van der Waals surface area contributed by atoms with Crippen LogP contribution in [-0.2, 0) is 0 Å². The summed E-state index contributed by atoms with van der Waals surface area (Å²) in [5.41, 5.74) is 16.0. The van der Waals surface area contributed by atoms with Crippen LogP contribution in [0.15, 0.2) is 223 Å². The first kappa shape index (κ1) is 64.2. The molecule has 12 aromatic carbocycles. The molecule has 8 aromatic heterocycles. The first-order chi connectivity index (χ1) is 50.5. The maximum absolute atomic E-state index is 9.99. The van der Waals surface area contributed by atoms with Crippen LogP contribution in [-0.4, -0.2) is 42.6 Å². The van der Waals surface area contributed by atoms with Crippen LogP contribution in [0, 0.1) is 62.1 Å². The van der Waals surface area contributed by atoms with Gasteiger partial charge in [-0.05, 0) is 183 Å². The first-order valence-corrected chi connectivity index (χ1v) is 32.6. The SMILES string of the molecule is C.C.[C-]#[N+]c1cc2c3ccc(Br)cc3c3nc4ccccc4n3c2cc1[N+]#[C-].[C-]#[N+]c1cc2c3ccc(O)cc3c3nc4ccccc4n3c2cc1[N+]#[C-].[C-]#[N+]c1cc2c3ccc(Oc4ccc5c6cc(C#N)c(C#N)cc6n6c7ccccc7nc6c5c4)cc3c3nc4ccccc4n3c2cc1[N+]#[C-]. The number of nitrogens with zero attached hydrogens (tertiary/aromatic N) is 16. The average Bonchev–Trinajstić information content (AvgIpc) is 1.66. The van der Waals surface area contributed by atoms with Crippen molar-refractivity contribution in [1.29, 1.82) is 10.5 Å². The monoisotopic (exact) mass is 1410 g/mol. The van der Waals surface area contributed by atoms with Crippen molar-refractivity contribution in [3.63, 3.8) is 0 Å². The van der Waals surface area contributed by atoms with Gasteiger partial charge in [-0.25, -0.2) is 19.9 Å². The summed E-state index contributed by atoms with van der Waals surface area (Å²) in [5, 5.41) is 40.3. The molecule has 105 heavy (non-hydrogen) atoms. The van der Waals surface area contributed by atoms with Gasteiger partial charge in [-0.2, -0.15) is 10.5 Å². The largest absolute Gasteiger partial charge is 0.508 e. The van der Waals surface area contributed by atoms with Crippen LogP contribution < -0.4 is 4.74 Å². The Morgan fingerprint density at radius 2 is 0.610 bits per heavy atom. The second-order valence-corrected chi connectivity index (χ2v) is 25.3. The van der Waals surface area contributed by atoms with E-state index in [0.29, 0.717) is 62.4 Å². The van der Waals surface area contributed by atoms with Crippen molar-refractivity contribution in [3.8, 4) is 29.4 Å². The van der Waals surface area contributed by atoms with E-state index in [1.807, 2.05) is 171 Å². The van der Waals surface area contributed by atoms with Crippen LogP contribution in [0.25, 0.3) is 182 Å². The first-order valence-electron chi connectivity index (χ1n) is 31.8. The maximum atomic E-state index is 9.99. The Kier molecular flexibility index (Phi) is 15.1. The zero-order valence-corrected chi connectivity index (χ0v) is 54.8. The zero-order chi connectivity index (χ0) is 70.1. The summed E-state index contributed by atoms with van der Waals surface area (Å²) in [5.74, 6) is 1.34. The fourth-order valence-corrected chi connectivity index (χ4v) is 14.8. The van der Waals surface area contributed by atoms with E-state index in [-0.39, 0.29) is 20.6 Å². The molecule has 1 N–H and O–H groups in total. The number of fused-ring (bicyclic) bond motifs is 32. The number of pyridine rings is 4. The fourth-order valence-electron chi connectivity index (χ4n) is 14.5. The number of imidazole rings is 4. The molecule has 0 bridgehead atoms. The second-order valence-electron chi connectivity index (χ2n) is 24.4. The molecule has 0 saturated carbocycles. The highest BCUT2D eigenvalue weighted by atomic mass is 79.9. The molecule has 0 amide bonds. The van der Waals surface area contributed by atoms with Gasteiger partial charge in [0.15, 0.2) is 34.1 Å². The Balaban J connectivity index is 0.000000132. The minimum absolute atomic E-state index is 0. The molecule has 20 aromatic rings. The predicted molar refractivity (Wildman–Crippen MR) is 421 cm³/mol. The van der Waals surface area contributed by atoms with Crippen molar-refractivity contribution in [3.05, 3.63) is 302 Å². The Bertz CT molecular complexity index is 7240. The zero-order valence-electron chi connectivity index (χ0n) is 53.2. The minimum Gasteiger partial charge on any atom is -0.508 e. The number of hydrogen-bond donors (Lipinski definition) is 1. The number of aromatic hydroxyl groups is 1. The number of nitriles is 2. The molecule has 18 nitrogen and oxygen atoms in total. The van der Waals surface area contributed by atoms with Gasteiger partial charge in [-0.3, -0.25) is 46.7 Å². The summed E-state index contributed by atoms with van der Waals surface area (Å²) in [6, 6.07) is 72.9. The van der Waals surface area contributed by atoms with Gasteiger partial charge in [-0.15, -0.1) is 0 Å². The molecule has 488 valence electrons. The number of phenols is 1. The van der Waals surface area contributed by atoms with Gasteiger partial charge < -0.3 is 9.84 Å². The third-order valence-electron chi connectivity index (χ3n) is 18.9. The van der Waals surface area contributed by atoms with E-state index in [2.05, 4.69) is 67.6 Å². The highest BCUT2D eigenvalue weighted by Crippen LogP contribution is 2.45. The number of halogens is 1. The van der Waals surface area contributed by atoms with Crippen LogP contribution in [0.4, 0.5) is 34.1 Å². The summed E-state index contributed by atoms with van der Waals surface area (Å²) in [4.78, 5) is 41.0. The van der Waals surface area contributed by atoms with E-state index in [0.717, 1.165) is 152 Å². The normalized spacial score (nSPS) is 11.1. The molecule has 8 heterocycles. The molecule has 0 saturated heterocycles. The van der Waals surface area contributed by atoms with Crippen LogP contribution in [0.2, 0.25) is 0 Å². The van der Waals surface area contributed by atoms with Gasteiger partial charge >= 0.3 is 0 Å². The summed E-state index contributed by atoms with van der Waals surface area (Å²) in [7, 11) is 0. The Morgan fingerprint density at radius 3 is 0.971 bits per heavy atom. The molecule has 0 atom stereocenters. The van der Waals surface area contributed by atoms with Crippen LogP contribution >= 0.6 is 15.9 Å². The smallest absolute Gasteiger partial charge is 0.196 e. The average molecular weight is 1410 g/mol. The quantitative estimate of drug-likeness (QED) is 0.132. The van der Waals surface area contributed by atoms with Gasteiger partial charge in [0.05, 0.1) is 100 Å². The lowest BCUT2D eigenvalue weighted by Gasteiger charge is -2.14. The van der Waals surface area contributed by atoms with Crippen molar-refractivity contribution in [1.82, 2.24) is 37.5 Å². The van der Waals surface area contributed by atoms with Gasteiger partial charge in [0, 0.05) is 48.0 Å². The lowest BCUT2D eigenvalue weighted by molar-refractivity contribution is 0.476. The van der Waals surface area contributed by atoms with Gasteiger partial charge in [0.1, 0.15) is 52.0 Å². The summed E-state index contributed by atoms with van der Waals surface area (Å²) < 4.78 is 15.7. The Morgan fingerprint density at radius 1 is 0.314 bits per heavy atom. The van der Waals surface area contributed by atoms with E-state index < -0.39 is 0 Å². The fraction of sp³-hybridized carbons (Fsp3) is 0.0233. The number of ether oxygens (including phenoxy) is 1. The van der Waals surface area contributed by atoms with E-state index in [9.17, 15) is 15.6 Å².